The molecule has 7 heteroatoms. The Hall–Kier alpha value is -2.07. The van der Waals surface area contributed by atoms with Crippen LogP contribution in [0.2, 0.25) is 5.02 Å². The molecular weight excluding hydrogens is 302 g/mol. The molecule has 0 saturated carbocycles. The van der Waals surface area contributed by atoms with Crippen LogP contribution in [0.15, 0.2) is 18.2 Å². The van der Waals surface area contributed by atoms with E-state index in [0.29, 0.717) is 34.5 Å². The van der Waals surface area contributed by atoms with E-state index in [9.17, 15) is 5.02 Å². The predicted molar refractivity (Wildman–Crippen MR) is 82.3 cm³/mol. The fourth-order valence-corrected chi connectivity index (χ4v) is 2.49. The molecule has 1 aromatic heterocycles. The molecule has 22 heavy (non-hydrogen) atoms. The monoisotopic (exact) mass is 314 g/mol. The summed E-state index contributed by atoms with van der Waals surface area (Å²) >= 11 is 6.01. The maximum atomic E-state index is 9.70. The third-order valence-corrected chi connectivity index (χ3v) is 4.01. The smallest absolute Gasteiger partial charge is 0.439 e. The second-order valence-electron chi connectivity index (χ2n) is 5.10. The number of rotatable bonds is 2. The minimum atomic E-state index is -0.885. The zero-order valence-corrected chi connectivity index (χ0v) is 12.8. The Morgan fingerprint density at radius 2 is 2.18 bits per heavy atom. The second kappa shape index (κ2) is 5.62. The van der Waals surface area contributed by atoms with Crippen molar-refractivity contribution in [1.82, 2.24) is 4.98 Å². The van der Waals surface area contributed by atoms with Crippen molar-refractivity contribution < 1.29 is 14.4 Å². The van der Waals surface area contributed by atoms with Gasteiger partial charge in [0.2, 0.25) is 5.88 Å². The fourth-order valence-electron chi connectivity index (χ4n) is 2.35. The van der Waals surface area contributed by atoms with E-state index in [1.807, 2.05) is 25.1 Å². The van der Waals surface area contributed by atoms with Gasteiger partial charge in [-0.15, -0.1) is 0 Å². The number of benzene rings is 1. The van der Waals surface area contributed by atoms with Gasteiger partial charge in [0, 0.05) is 6.07 Å². The highest BCUT2D eigenvalue weighted by Gasteiger charge is 2.28. The summed E-state index contributed by atoms with van der Waals surface area (Å²) in [6, 6.07) is 7.17. The molecule has 110 valence electrons. The van der Waals surface area contributed by atoms with Crippen LogP contribution in [0.25, 0.3) is 0 Å². The SMILES string of the molecule is Cc1cc2c(cc1Oc1cc(C#N)c(Cl)c(C)n1)COB2O. The zero-order chi connectivity index (χ0) is 15.9. The number of hydrogen-bond donors (Lipinski definition) is 1. The van der Waals surface area contributed by atoms with E-state index in [-0.39, 0.29) is 0 Å². The first-order valence-electron chi connectivity index (χ1n) is 6.67. The number of halogens is 1. The van der Waals surface area contributed by atoms with Crippen LogP contribution < -0.4 is 10.2 Å². The summed E-state index contributed by atoms with van der Waals surface area (Å²) in [4.78, 5) is 4.24. The quantitative estimate of drug-likeness (QED) is 0.860. The summed E-state index contributed by atoms with van der Waals surface area (Å²) in [6.07, 6.45) is 0. The molecule has 2 aromatic rings. The van der Waals surface area contributed by atoms with E-state index in [4.69, 9.17) is 26.3 Å². The van der Waals surface area contributed by atoms with Crippen LogP contribution >= 0.6 is 11.6 Å². The Labute approximate surface area is 133 Å². The van der Waals surface area contributed by atoms with Crippen LogP contribution in [0.4, 0.5) is 0 Å². The molecule has 3 rings (SSSR count). The number of nitriles is 1. The van der Waals surface area contributed by atoms with Gasteiger partial charge < -0.3 is 14.4 Å². The number of aryl methyl sites for hydroxylation is 2. The van der Waals surface area contributed by atoms with E-state index in [1.165, 1.54) is 6.07 Å². The van der Waals surface area contributed by atoms with E-state index >= 15 is 0 Å². The fraction of sp³-hybridized carbons (Fsp3) is 0.200. The molecule has 0 saturated heterocycles. The maximum absolute atomic E-state index is 9.70. The molecular formula is C15H12BClN2O3. The van der Waals surface area contributed by atoms with E-state index < -0.39 is 7.12 Å². The number of pyridine rings is 1. The Bertz CT molecular complexity index is 804. The molecule has 0 radical (unpaired) electrons. The third kappa shape index (κ3) is 2.55. The van der Waals surface area contributed by atoms with Crippen LogP contribution in [0, 0.1) is 25.2 Å². The molecule has 0 atom stereocenters. The lowest BCUT2D eigenvalue weighted by molar-refractivity contribution is 0.275. The number of ether oxygens (including phenoxy) is 1. The van der Waals surface area contributed by atoms with Gasteiger partial charge in [-0.3, -0.25) is 0 Å². The van der Waals surface area contributed by atoms with Gasteiger partial charge in [-0.05, 0) is 36.5 Å². The van der Waals surface area contributed by atoms with Crippen LogP contribution in [0.3, 0.4) is 0 Å². The Morgan fingerprint density at radius 1 is 1.41 bits per heavy atom. The van der Waals surface area contributed by atoms with Gasteiger partial charge in [0.25, 0.3) is 0 Å². The minimum Gasteiger partial charge on any atom is -0.439 e. The average molecular weight is 315 g/mol. The van der Waals surface area contributed by atoms with E-state index in [1.54, 1.807) is 6.92 Å². The Morgan fingerprint density at radius 3 is 2.91 bits per heavy atom. The van der Waals surface area contributed by atoms with Crippen molar-refractivity contribution in [2.24, 2.45) is 0 Å². The van der Waals surface area contributed by atoms with Gasteiger partial charge in [-0.25, -0.2) is 4.98 Å². The Kier molecular flexibility index (Phi) is 3.79. The molecule has 0 amide bonds. The van der Waals surface area contributed by atoms with Crippen molar-refractivity contribution in [3.05, 3.63) is 45.6 Å². The largest absolute Gasteiger partial charge is 0.491 e. The lowest BCUT2D eigenvalue weighted by Gasteiger charge is -2.11. The number of hydrogen-bond acceptors (Lipinski definition) is 5. The standard InChI is InChI=1S/C15H12BClN2O3/c1-8-3-12-11(7-21-16(12)20)4-13(8)22-14-5-10(6-18)15(17)9(2)19-14/h3-5,20H,7H2,1-2H3. The number of fused-ring (bicyclic) bond motifs is 1. The highest BCUT2D eigenvalue weighted by molar-refractivity contribution is 6.61. The summed E-state index contributed by atoms with van der Waals surface area (Å²) in [5.41, 5.74) is 3.33. The molecule has 0 aliphatic carbocycles. The molecule has 0 unspecified atom stereocenters. The van der Waals surface area contributed by atoms with Crippen LogP contribution in [-0.2, 0) is 11.3 Å². The molecule has 1 aromatic carbocycles. The first kappa shape index (κ1) is 14.9. The van der Waals surface area contributed by atoms with Crippen molar-refractivity contribution in [2.75, 3.05) is 0 Å². The summed E-state index contributed by atoms with van der Waals surface area (Å²) < 4.78 is 11.0. The van der Waals surface area contributed by atoms with E-state index in [0.717, 1.165) is 16.6 Å². The van der Waals surface area contributed by atoms with Gasteiger partial charge in [0.1, 0.15) is 11.8 Å². The summed E-state index contributed by atoms with van der Waals surface area (Å²) in [5.74, 6) is 0.913. The molecule has 0 fully saturated rings. The zero-order valence-electron chi connectivity index (χ0n) is 12.1. The topological polar surface area (TPSA) is 75.4 Å². The van der Waals surface area contributed by atoms with Gasteiger partial charge in [-0.2, -0.15) is 5.26 Å². The Balaban J connectivity index is 1.98. The maximum Gasteiger partial charge on any atom is 0.491 e. The van der Waals surface area contributed by atoms with Crippen molar-refractivity contribution in [1.29, 1.82) is 5.26 Å². The third-order valence-electron chi connectivity index (χ3n) is 3.53. The molecule has 1 aliphatic rings. The van der Waals surface area contributed by atoms with Gasteiger partial charge in [-0.1, -0.05) is 17.7 Å². The van der Waals surface area contributed by atoms with Gasteiger partial charge in [0.15, 0.2) is 0 Å². The molecule has 1 aliphatic heterocycles. The lowest BCUT2D eigenvalue weighted by Crippen LogP contribution is -2.28. The first-order chi connectivity index (χ1) is 10.5. The lowest BCUT2D eigenvalue weighted by atomic mass is 9.79. The van der Waals surface area contributed by atoms with Crippen LogP contribution in [0.1, 0.15) is 22.4 Å². The summed E-state index contributed by atoms with van der Waals surface area (Å²) in [6.45, 7) is 3.92. The summed E-state index contributed by atoms with van der Waals surface area (Å²) in [5, 5.41) is 19.1. The van der Waals surface area contributed by atoms with Gasteiger partial charge in [0.05, 0.1) is 22.9 Å². The van der Waals surface area contributed by atoms with Crippen LogP contribution in [-0.4, -0.2) is 17.1 Å². The molecule has 0 spiro atoms. The van der Waals surface area contributed by atoms with Crippen molar-refractivity contribution >= 4 is 24.2 Å². The number of nitrogens with zero attached hydrogens (tertiary/aromatic N) is 2. The van der Waals surface area contributed by atoms with Gasteiger partial charge >= 0.3 is 7.12 Å². The highest BCUT2D eigenvalue weighted by atomic mass is 35.5. The molecule has 1 N–H and O–H groups in total. The average Bonchev–Trinajstić information content (AvgIpc) is 2.84. The predicted octanol–water partition coefficient (Wildman–Crippen LogP) is 2.23. The van der Waals surface area contributed by atoms with Crippen molar-refractivity contribution in [3.8, 4) is 17.7 Å². The van der Waals surface area contributed by atoms with Crippen molar-refractivity contribution in [3.63, 3.8) is 0 Å². The van der Waals surface area contributed by atoms with E-state index in [2.05, 4.69) is 4.98 Å². The normalized spacial score (nSPS) is 13.0. The second-order valence-corrected chi connectivity index (χ2v) is 5.48. The highest BCUT2D eigenvalue weighted by Crippen LogP contribution is 2.29. The summed E-state index contributed by atoms with van der Waals surface area (Å²) in [7, 11) is -0.885. The molecule has 2 heterocycles. The number of aromatic nitrogens is 1. The van der Waals surface area contributed by atoms with Crippen LogP contribution in [0.5, 0.6) is 11.6 Å². The minimum absolute atomic E-state index is 0.306. The van der Waals surface area contributed by atoms with Crippen molar-refractivity contribution in [2.45, 2.75) is 20.5 Å². The molecule has 5 nitrogen and oxygen atoms in total. The molecule has 0 bridgehead atoms. The first-order valence-corrected chi connectivity index (χ1v) is 7.05.